The van der Waals surface area contributed by atoms with Crippen molar-refractivity contribution in [3.63, 3.8) is 0 Å². The van der Waals surface area contributed by atoms with Gasteiger partial charge in [0.2, 0.25) is 5.72 Å². The number of carbonyl (C=O) groups excluding carboxylic acids is 1. The highest BCUT2D eigenvalue weighted by Crippen LogP contribution is 2.29. The molecular weight excluding hydrogens is 314 g/mol. The number of hydrogen-bond donors (Lipinski definition) is 2. The lowest BCUT2D eigenvalue weighted by molar-refractivity contribution is -0.147. The number of carbonyl (C=O) groups is 1. The predicted octanol–water partition coefficient (Wildman–Crippen LogP) is 1.86. The first-order valence-corrected chi connectivity index (χ1v) is 5.70. The minimum atomic E-state index is -3.15. The van der Waals surface area contributed by atoms with Crippen molar-refractivity contribution in [2.75, 3.05) is 0 Å². The summed E-state index contributed by atoms with van der Waals surface area (Å²) in [6.45, 7) is 1.46. The molecule has 0 saturated carbocycles. The van der Waals surface area contributed by atoms with Gasteiger partial charge >= 0.3 is 5.91 Å². The van der Waals surface area contributed by atoms with Crippen LogP contribution >= 0.6 is 15.9 Å². The average molecular weight is 323 g/mol. The fourth-order valence-electron chi connectivity index (χ4n) is 1.59. The Kier molecular flexibility index (Phi) is 3.16. The molecule has 0 fully saturated rings. The van der Waals surface area contributed by atoms with Crippen LogP contribution in [0.15, 0.2) is 33.0 Å². The van der Waals surface area contributed by atoms with Crippen LogP contribution in [-0.4, -0.2) is 28.2 Å². The molecule has 0 aliphatic carbocycles. The van der Waals surface area contributed by atoms with Crippen molar-refractivity contribution in [1.82, 2.24) is 10.4 Å². The summed E-state index contributed by atoms with van der Waals surface area (Å²) in [5.41, 5.74) is -0.0603. The van der Waals surface area contributed by atoms with Gasteiger partial charge in [0.25, 0.3) is 6.43 Å². The summed E-state index contributed by atoms with van der Waals surface area (Å²) in [6.07, 6.45) is -2.27. The van der Waals surface area contributed by atoms with E-state index in [9.17, 15) is 18.7 Å². The molecule has 5 nitrogen and oxygen atoms in total. The number of hydrogen-bond acceptors (Lipinski definition) is 4. The third-order valence-corrected chi connectivity index (χ3v) is 2.81. The topological polar surface area (TPSA) is 65.7 Å². The second-order valence-corrected chi connectivity index (χ2v) is 4.55. The van der Waals surface area contributed by atoms with Crippen LogP contribution in [-0.2, 0) is 0 Å². The second-order valence-electron chi connectivity index (χ2n) is 3.77. The first-order chi connectivity index (χ1) is 8.34. The molecule has 0 radical (unpaired) electrons. The molecule has 2 N–H and O–H groups in total. The van der Waals surface area contributed by atoms with Crippen LogP contribution in [0.4, 0.5) is 8.78 Å². The van der Waals surface area contributed by atoms with Gasteiger partial charge in [-0.15, -0.1) is 0 Å². The van der Waals surface area contributed by atoms with Crippen molar-refractivity contribution in [2.45, 2.75) is 19.1 Å². The van der Waals surface area contributed by atoms with Gasteiger partial charge in [-0.25, -0.2) is 13.8 Å². The molecule has 0 aromatic carbocycles. The Labute approximate surface area is 109 Å². The molecule has 18 heavy (non-hydrogen) atoms. The molecule has 1 aliphatic heterocycles. The van der Waals surface area contributed by atoms with Crippen LogP contribution in [0.1, 0.15) is 17.5 Å². The maximum absolute atomic E-state index is 12.9. The maximum atomic E-state index is 12.9. The van der Waals surface area contributed by atoms with E-state index in [4.69, 9.17) is 4.42 Å². The first kappa shape index (κ1) is 13.0. The molecule has 98 valence electrons. The van der Waals surface area contributed by atoms with Crippen LogP contribution in [0.25, 0.3) is 0 Å². The van der Waals surface area contributed by atoms with Crippen LogP contribution in [0.3, 0.4) is 0 Å². The highest BCUT2D eigenvalue weighted by atomic mass is 79.9. The summed E-state index contributed by atoms with van der Waals surface area (Å²) >= 11 is 3.00. The molecule has 1 amide bonds. The first-order valence-electron chi connectivity index (χ1n) is 4.91. The molecule has 1 aromatic rings. The Morgan fingerprint density at radius 3 is 2.78 bits per heavy atom. The second kappa shape index (κ2) is 4.36. The van der Waals surface area contributed by atoms with E-state index in [2.05, 4.69) is 21.4 Å². The average Bonchev–Trinajstić information content (AvgIpc) is 2.82. The molecule has 2 rings (SSSR count). The number of allylic oxidation sites excluding steroid dienone is 1. The Balaban J connectivity index is 2.31. The Morgan fingerprint density at radius 1 is 1.61 bits per heavy atom. The van der Waals surface area contributed by atoms with Gasteiger partial charge in [0.05, 0.1) is 0 Å². The predicted molar refractivity (Wildman–Crippen MR) is 60.4 cm³/mol. The van der Waals surface area contributed by atoms with E-state index in [-0.39, 0.29) is 16.1 Å². The summed E-state index contributed by atoms with van der Waals surface area (Å²) in [4.78, 5) is 11.9. The number of nitrogens with zero attached hydrogens (tertiary/aromatic N) is 1. The van der Waals surface area contributed by atoms with Crippen molar-refractivity contribution >= 4 is 21.8 Å². The summed E-state index contributed by atoms with van der Waals surface area (Å²) in [7, 11) is 0. The third kappa shape index (κ3) is 2.01. The van der Waals surface area contributed by atoms with Gasteiger partial charge in [-0.2, -0.15) is 0 Å². The summed E-state index contributed by atoms with van der Waals surface area (Å²) in [5.74, 6) is -1.06. The van der Waals surface area contributed by atoms with Gasteiger partial charge in [0.1, 0.15) is 0 Å². The minimum absolute atomic E-state index is 0.170. The lowest BCUT2D eigenvalue weighted by atomic mass is 10.2. The fourth-order valence-corrected chi connectivity index (χ4v) is 1.90. The van der Waals surface area contributed by atoms with E-state index in [1.165, 1.54) is 19.1 Å². The summed E-state index contributed by atoms with van der Waals surface area (Å²) < 4.78 is 31.0. The number of halogens is 3. The van der Waals surface area contributed by atoms with Gasteiger partial charge in [0.15, 0.2) is 10.4 Å². The van der Waals surface area contributed by atoms with E-state index in [0.717, 1.165) is 6.08 Å². The number of alkyl halides is 2. The highest BCUT2D eigenvalue weighted by molar-refractivity contribution is 9.10. The fraction of sp³-hybridized carbons (Fsp3) is 0.300. The Hall–Kier alpha value is -1.41. The molecule has 8 heteroatoms. The molecular formula is C10H9BrF2N2O3. The molecule has 1 aliphatic rings. The summed E-state index contributed by atoms with van der Waals surface area (Å²) in [5, 5.41) is 10.2. The molecule has 2 heterocycles. The molecule has 0 saturated heterocycles. The zero-order valence-corrected chi connectivity index (χ0v) is 10.7. The number of amides is 1. The van der Waals surface area contributed by atoms with Gasteiger partial charge in [-0.1, -0.05) is 0 Å². The van der Waals surface area contributed by atoms with Crippen molar-refractivity contribution in [3.05, 3.63) is 34.3 Å². The third-order valence-electron chi connectivity index (χ3n) is 2.38. The molecule has 1 atom stereocenters. The standard InChI is InChI=1S/C10H9BrF2N2O3/c1-5-4-10(17,9(12)13)15(14-5)8(16)6-2-3-7(11)18-6/h2-4,9,14,17H,1H3. The number of furan rings is 1. The van der Waals surface area contributed by atoms with E-state index in [1.54, 1.807) is 0 Å². The van der Waals surface area contributed by atoms with Gasteiger partial charge in [-0.05, 0) is 41.1 Å². The van der Waals surface area contributed by atoms with Crippen LogP contribution in [0, 0.1) is 0 Å². The maximum Gasteiger partial charge on any atom is 0.311 e. The van der Waals surface area contributed by atoms with Gasteiger partial charge < -0.3 is 9.52 Å². The van der Waals surface area contributed by atoms with E-state index in [0.29, 0.717) is 5.01 Å². The highest BCUT2D eigenvalue weighted by Gasteiger charge is 2.49. The normalized spacial score (nSPS) is 23.2. The van der Waals surface area contributed by atoms with Crippen molar-refractivity contribution in [3.8, 4) is 0 Å². The van der Waals surface area contributed by atoms with Gasteiger partial charge in [0, 0.05) is 5.70 Å². The molecule has 0 spiro atoms. The minimum Gasteiger partial charge on any atom is -0.444 e. The Morgan fingerprint density at radius 2 is 2.28 bits per heavy atom. The number of rotatable bonds is 2. The van der Waals surface area contributed by atoms with Crippen molar-refractivity contribution in [1.29, 1.82) is 0 Å². The molecule has 1 aromatic heterocycles. The van der Waals surface area contributed by atoms with Crippen LogP contribution < -0.4 is 5.43 Å². The lowest BCUT2D eigenvalue weighted by Crippen LogP contribution is -2.56. The van der Waals surface area contributed by atoms with E-state index < -0.39 is 18.1 Å². The number of aliphatic hydroxyl groups is 1. The SMILES string of the molecule is CC1=CC(O)(C(F)F)N(C(=O)c2ccc(Br)o2)N1. The van der Waals surface area contributed by atoms with E-state index in [1.807, 2.05) is 0 Å². The van der Waals surface area contributed by atoms with Gasteiger partial charge in [-0.3, -0.25) is 10.2 Å². The van der Waals surface area contributed by atoms with Crippen LogP contribution in [0.2, 0.25) is 0 Å². The molecule has 0 bridgehead atoms. The lowest BCUT2D eigenvalue weighted by Gasteiger charge is -2.30. The molecule has 1 unspecified atom stereocenters. The summed E-state index contributed by atoms with van der Waals surface area (Å²) in [6, 6.07) is 2.76. The number of nitrogens with one attached hydrogen (secondary N) is 1. The quantitative estimate of drug-likeness (QED) is 0.872. The zero-order valence-electron chi connectivity index (χ0n) is 9.15. The monoisotopic (exact) mass is 322 g/mol. The largest absolute Gasteiger partial charge is 0.444 e. The van der Waals surface area contributed by atoms with Crippen molar-refractivity contribution < 1.29 is 23.1 Å². The smallest absolute Gasteiger partial charge is 0.311 e. The van der Waals surface area contributed by atoms with Crippen LogP contribution in [0.5, 0.6) is 0 Å². The van der Waals surface area contributed by atoms with E-state index >= 15 is 0 Å². The number of hydrazine groups is 1. The zero-order chi connectivity index (χ0) is 13.5. The van der Waals surface area contributed by atoms with Crippen molar-refractivity contribution in [2.24, 2.45) is 0 Å². The Bertz CT molecular complexity index is 517.